The highest BCUT2D eigenvalue weighted by molar-refractivity contribution is 7.91. The van der Waals surface area contributed by atoms with Gasteiger partial charge < -0.3 is 0 Å². The van der Waals surface area contributed by atoms with E-state index in [0.29, 0.717) is 5.57 Å². The molecule has 0 aromatic heterocycles. The maximum absolute atomic E-state index is 10.9. The van der Waals surface area contributed by atoms with E-state index >= 15 is 0 Å². The summed E-state index contributed by atoms with van der Waals surface area (Å²) in [5.74, 6) is 0.110. The fourth-order valence-corrected chi connectivity index (χ4v) is 1.84. The lowest BCUT2D eigenvalue weighted by Gasteiger charge is -1.97. The third-order valence-electron chi connectivity index (χ3n) is 0.838. The van der Waals surface area contributed by atoms with Crippen molar-refractivity contribution in [2.45, 2.75) is 6.92 Å². The van der Waals surface area contributed by atoms with Gasteiger partial charge in [0.2, 0.25) is 0 Å². The Morgan fingerprint density at radius 3 is 2.40 bits per heavy atom. The van der Waals surface area contributed by atoms with Gasteiger partial charge in [-0.15, -0.1) is 6.58 Å². The van der Waals surface area contributed by atoms with Gasteiger partial charge in [-0.1, -0.05) is 18.2 Å². The fraction of sp³-hybridized carbons (Fsp3) is 0.429. The first-order valence-electron chi connectivity index (χ1n) is 2.93. The molecular weight excluding hydrogens is 148 g/mol. The van der Waals surface area contributed by atoms with Crippen LogP contribution in [0, 0.1) is 0 Å². The van der Waals surface area contributed by atoms with Crippen LogP contribution in [0.4, 0.5) is 0 Å². The minimum atomic E-state index is -2.95. The molecule has 0 aromatic rings. The molecule has 0 radical (unpaired) electrons. The molecule has 58 valence electrons. The van der Waals surface area contributed by atoms with E-state index in [1.807, 2.05) is 0 Å². The number of hydrogen-bond acceptors (Lipinski definition) is 2. The van der Waals surface area contributed by atoms with E-state index in [0.717, 1.165) is 0 Å². The lowest BCUT2D eigenvalue weighted by Crippen LogP contribution is -2.09. The Hall–Kier alpha value is -0.570. The maximum Gasteiger partial charge on any atom is 0.157 e. The van der Waals surface area contributed by atoms with E-state index in [-0.39, 0.29) is 11.5 Å². The van der Waals surface area contributed by atoms with E-state index in [9.17, 15) is 8.42 Å². The summed E-state index contributed by atoms with van der Waals surface area (Å²) in [7, 11) is -2.95. The highest BCUT2D eigenvalue weighted by Gasteiger charge is 2.06. The minimum absolute atomic E-state index is 0.0415. The summed E-state index contributed by atoms with van der Waals surface area (Å²) < 4.78 is 21.8. The van der Waals surface area contributed by atoms with Crippen LogP contribution in [0.3, 0.4) is 0 Å². The predicted octanol–water partition coefficient (Wildman–Crippen LogP) is 1.16. The number of sulfone groups is 1. The van der Waals surface area contributed by atoms with E-state index in [4.69, 9.17) is 0 Å². The summed E-state index contributed by atoms with van der Waals surface area (Å²) in [6, 6.07) is 0. The molecule has 0 aliphatic carbocycles. The van der Waals surface area contributed by atoms with Gasteiger partial charge in [-0.05, 0) is 6.92 Å². The second-order valence-corrected chi connectivity index (χ2v) is 4.41. The van der Waals surface area contributed by atoms with Crippen molar-refractivity contribution < 1.29 is 8.42 Å². The van der Waals surface area contributed by atoms with Gasteiger partial charge in [0.1, 0.15) is 0 Å². The van der Waals surface area contributed by atoms with Crippen LogP contribution in [-0.2, 0) is 9.84 Å². The first-order valence-corrected chi connectivity index (χ1v) is 4.76. The van der Waals surface area contributed by atoms with Gasteiger partial charge in [0.25, 0.3) is 0 Å². The average molecular weight is 160 g/mol. The summed E-state index contributed by atoms with van der Waals surface area (Å²) in [6.07, 6.45) is 1.39. The van der Waals surface area contributed by atoms with Gasteiger partial charge in [-0.2, -0.15) is 0 Å². The van der Waals surface area contributed by atoms with E-state index in [1.165, 1.54) is 6.08 Å². The van der Waals surface area contributed by atoms with Crippen LogP contribution in [0.1, 0.15) is 6.92 Å². The van der Waals surface area contributed by atoms with Crippen molar-refractivity contribution >= 4 is 9.84 Å². The Morgan fingerprint density at radius 1 is 1.60 bits per heavy atom. The Labute approximate surface area is 62.2 Å². The average Bonchev–Trinajstić information content (AvgIpc) is 1.59. The Morgan fingerprint density at radius 2 is 2.10 bits per heavy atom. The van der Waals surface area contributed by atoms with Gasteiger partial charge in [0.15, 0.2) is 9.84 Å². The van der Waals surface area contributed by atoms with Crippen molar-refractivity contribution in [3.63, 3.8) is 0 Å². The molecule has 0 aliphatic rings. The predicted molar refractivity (Wildman–Crippen MR) is 43.7 cm³/mol. The third-order valence-corrected chi connectivity index (χ3v) is 2.51. The molecule has 0 aromatic carbocycles. The Balaban J connectivity index is 4.14. The zero-order valence-electron chi connectivity index (χ0n) is 6.13. The molecule has 0 amide bonds. The highest BCUT2D eigenvalue weighted by atomic mass is 32.2. The molecule has 0 saturated carbocycles. The molecule has 10 heavy (non-hydrogen) atoms. The van der Waals surface area contributed by atoms with Gasteiger partial charge in [0.05, 0.1) is 11.5 Å². The van der Waals surface area contributed by atoms with Crippen LogP contribution >= 0.6 is 0 Å². The van der Waals surface area contributed by atoms with Crippen LogP contribution in [0.15, 0.2) is 24.8 Å². The molecule has 2 nitrogen and oxygen atoms in total. The fourth-order valence-electron chi connectivity index (χ4n) is 0.614. The summed E-state index contributed by atoms with van der Waals surface area (Å²) in [5.41, 5.74) is 0.668. The Bertz CT molecular complexity index is 224. The number of rotatable bonds is 4. The lowest BCUT2D eigenvalue weighted by molar-refractivity contribution is 0.601. The zero-order valence-corrected chi connectivity index (χ0v) is 6.95. The van der Waals surface area contributed by atoms with Crippen molar-refractivity contribution in [1.82, 2.24) is 0 Å². The molecule has 0 spiro atoms. The van der Waals surface area contributed by atoms with Crippen LogP contribution in [-0.4, -0.2) is 19.9 Å². The first kappa shape index (κ1) is 9.43. The van der Waals surface area contributed by atoms with Gasteiger partial charge in [-0.25, -0.2) is 8.42 Å². The van der Waals surface area contributed by atoms with Crippen LogP contribution in [0.2, 0.25) is 0 Å². The third kappa shape index (κ3) is 4.32. The molecule has 0 saturated heterocycles. The zero-order chi connectivity index (χ0) is 8.20. The summed E-state index contributed by atoms with van der Waals surface area (Å²) in [6.45, 7) is 8.55. The minimum Gasteiger partial charge on any atom is -0.228 e. The second-order valence-electron chi connectivity index (χ2n) is 2.30. The normalized spacial score (nSPS) is 10.9. The van der Waals surface area contributed by atoms with E-state index in [2.05, 4.69) is 13.2 Å². The van der Waals surface area contributed by atoms with E-state index in [1.54, 1.807) is 6.92 Å². The monoisotopic (exact) mass is 160 g/mol. The van der Waals surface area contributed by atoms with Gasteiger partial charge in [-0.3, -0.25) is 0 Å². The molecule has 0 fully saturated rings. The molecule has 0 N–H and O–H groups in total. The molecular formula is C7H12O2S. The van der Waals surface area contributed by atoms with Crippen LogP contribution < -0.4 is 0 Å². The first-order chi connectivity index (χ1) is 4.48. The number of hydrogen-bond donors (Lipinski definition) is 0. The summed E-state index contributed by atoms with van der Waals surface area (Å²) >= 11 is 0. The van der Waals surface area contributed by atoms with Gasteiger partial charge in [0, 0.05) is 0 Å². The smallest absolute Gasteiger partial charge is 0.157 e. The summed E-state index contributed by atoms with van der Waals surface area (Å²) in [4.78, 5) is 0. The van der Waals surface area contributed by atoms with Crippen LogP contribution in [0.5, 0.6) is 0 Å². The van der Waals surface area contributed by atoms with E-state index < -0.39 is 9.84 Å². The lowest BCUT2D eigenvalue weighted by atomic mass is 10.4. The standard InChI is InChI=1S/C7H12O2S/c1-4-5-10(8,9)6-7(2)3/h4H,1-2,5-6H2,3H3. The quantitative estimate of drug-likeness (QED) is 0.578. The SMILES string of the molecule is C=CCS(=O)(=O)CC(=C)C. The molecule has 0 rings (SSSR count). The molecule has 0 heterocycles. The van der Waals surface area contributed by atoms with Crippen molar-refractivity contribution in [2.75, 3.05) is 11.5 Å². The van der Waals surface area contributed by atoms with Crippen LogP contribution in [0.25, 0.3) is 0 Å². The Kier molecular flexibility index (Phi) is 3.36. The van der Waals surface area contributed by atoms with Crippen molar-refractivity contribution in [3.8, 4) is 0 Å². The van der Waals surface area contributed by atoms with Crippen molar-refractivity contribution in [2.24, 2.45) is 0 Å². The maximum atomic E-state index is 10.9. The summed E-state index contributed by atoms with van der Waals surface area (Å²) in [5, 5.41) is 0. The van der Waals surface area contributed by atoms with Gasteiger partial charge >= 0.3 is 0 Å². The molecule has 0 atom stereocenters. The largest absolute Gasteiger partial charge is 0.228 e. The van der Waals surface area contributed by atoms with Crippen molar-refractivity contribution in [1.29, 1.82) is 0 Å². The topological polar surface area (TPSA) is 34.1 Å². The molecule has 0 aliphatic heterocycles. The molecule has 3 heteroatoms. The highest BCUT2D eigenvalue weighted by Crippen LogP contribution is 1.97. The second kappa shape index (κ2) is 3.56. The molecule has 0 unspecified atom stereocenters. The van der Waals surface area contributed by atoms with Crippen molar-refractivity contribution in [3.05, 3.63) is 24.8 Å². The molecule has 0 bridgehead atoms.